The fourth-order valence-electron chi connectivity index (χ4n) is 2.88. The number of hydrogen-bond donors (Lipinski definition) is 0. The molecule has 24 heavy (non-hydrogen) atoms. The molecule has 4 nitrogen and oxygen atoms in total. The Kier molecular flexibility index (Phi) is 5.49. The van der Waals surface area contributed by atoms with Crippen molar-refractivity contribution in [2.24, 2.45) is 4.99 Å². The van der Waals surface area contributed by atoms with Crippen LogP contribution in [-0.2, 0) is 11.2 Å². The molecule has 4 heteroatoms. The third-order valence-electron chi connectivity index (χ3n) is 4.14. The van der Waals surface area contributed by atoms with E-state index in [0.29, 0.717) is 13.2 Å². The molecule has 0 saturated carbocycles. The molecule has 0 radical (unpaired) electrons. The van der Waals surface area contributed by atoms with Gasteiger partial charge in [0.15, 0.2) is 0 Å². The van der Waals surface area contributed by atoms with E-state index in [1.165, 1.54) is 11.1 Å². The topological polar surface area (TPSA) is 40.0 Å². The van der Waals surface area contributed by atoms with Crippen molar-refractivity contribution in [1.82, 2.24) is 0 Å². The van der Waals surface area contributed by atoms with E-state index >= 15 is 0 Å². The lowest BCUT2D eigenvalue weighted by molar-refractivity contribution is 0.146. The normalized spacial score (nSPS) is 15.2. The highest BCUT2D eigenvalue weighted by molar-refractivity contribution is 6.04. The largest absolute Gasteiger partial charge is 0.497 e. The Morgan fingerprint density at radius 3 is 2.46 bits per heavy atom. The van der Waals surface area contributed by atoms with Crippen molar-refractivity contribution in [3.63, 3.8) is 0 Å². The Balaban J connectivity index is 1.85. The molecule has 0 fully saturated rings. The highest BCUT2D eigenvalue weighted by Gasteiger charge is 2.16. The van der Waals surface area contributed by atoms with E-state index < -0.39 is 0 Å². The Morgan fingerprint density at radius 1 is 0.917 bits per heavy atom. The summed E-state index contributed by atoms with van der Waals surface area (Å²) in [6, 6.07) is 14.1. The van der Waals surface area contributed by atoms with Gasteiger partial charge >= 0.3 is 0 Å². The molecule has 0 heterocycles. The summed E-state index contributed by atoms with van der Waals surface area (Å²) in [5, 5.41) is 0. The molecule has 3 rings (SSSR count). The van der Waals surface area contributed by atoms with Gasteiger partial charge in [-0.05, 0) is 61.2 Å². The second kappa shape index (κ2) is 7.97. The number of hydrogen-bond acceptors (Lipinski definition) is 4. The Bertz CT molecular complexity index is 707. The van der Waals surface area contributed by atoms with Crippen LogP contribution in [0, 0.1) is 0 Å². The molecule has 0 amide bonds. The number of nitrogens with zero attached hydrogens (tertiary/aromatic N) is 1. The van der Waals surface area contributed by atoms with Gasteiger partial charge in [-0.3, -0.25) is 4.99 Å². The minimum absolute atomic E-state index is 0.556. The minimum atomic E-state index is 0.556. The quantitative estimate of drug-likeness (QED) is 0.748. The summed E-state index contributed by atoms with van der Waals surface area (Å²) in [5.41, 5.74) is 4.61. The van der Waals surface area contributed by atoms with Crippen LogP contribution in [0.4, 0.5) is 5.69 Å². The number of methoxy groups -OCH3 is 2. The summed E-state index contributed by atoms with van der Waals surface area (Å²) in [7, 11) is 3.35. The van der Waals surface area contributed by atoms with Crippen molar-refractivity contribution in [2.75, 3.05) is 27.4 Å². The van der Waals surface area contributed by atoms with Crippen molar-refractivity contribution in [3.8, 4) is 11.5 Å². The zero-order valence-corrected chi connectivity index (χ0v) is 14.2. The van der Waals surface area contributed by atoms with E-state index in [2.05, 4.69) is 12.1 Å². The number of aliphatic imine (C=N–C) groups is 1. The molecule has 2 aromatic rings. The van der Waals surface area contributed by atoms with Crippen molar-refractivity contribution < 1.29 is 14.2 Å². The molecule has 2 aromatic carbocycles. The average Bonchev–Trinajstić information content (AvgIpc) is 2.63. The van der Waals surface area contributed by atoms with E-state index in [0.717, 1.165) is 42.2 Å². The van der Waals surface area contributed by atoms with Gasteiger partial charge in [0.2, 0.25) is 0 Å². The zero-order chi connectivity index (χ0) is 16.8. The van der Waals surface area contributed by atoms with E-state index in [-0.39, 0.29) is 0 Å². The van der Waals surface area contributed by atoms with Crippen molar-refractivity contribution in [3.05, 3.63) is 53.6 Å². The van der Waals surface area contributed by atoms with Crippen molar-refractivity contribution >= 4 is 11.4 Å². The van der Waals surface area contributed by atoms with Crippen LogP contribution in [0.5, 0.6) is 11.5 Å². The van der Waals surface area contributed by atoms with Gasteiger partial charge in [-0.25, -0.2) is 0 Å². The monoisotopic (exact) mass is 325 g/mol. The highest BCUT2D eigenvalue weighted by Crippen LogP contribution is 2.28. The first-order chi connectivity index (χ1) is 11.8. The summed E-state index contributed by atoms with van der Waals surface area (Å²) >= 11 is 0. The average molecular weight is 325 g/mol. The maximum Gasteiger partial charge on any atom is 0.120 e. The van der Waals surface area contributed by atoms with Gasteiger partial charge in [-0.1, -0.05) is 6.07 Å². The van der Waals surface area contributed by atoms with E-state index in [1.807, 2.05) is 30.3 Å². The fourth-order valence-corrected chi connectivity index (χ4v) is 2.88. The molecule has 0 bridgehead atoms. The lowest BCUT2D eigenvalue weighted by Crippen LogP contribution is -2.12. The zero-order valence-electron chi connectivity index (χ0n) is 14.2. The van der Waals surface area contributed by atoms with Crippen LogP contribution in [0.15, 0.2) is 47.5 Å². The van der Waals surface area contributed by atoms with Gasteiger partial charge in [0, 0.05) is 18.4 Å². The van der Waals surface area contributed by atoms with Gasteiger partial charge < -0.3 is 14.2 Å². The van der Waals surface area contributed by atoms with Gasteiger partial charge in [-0.2, -0.15) is 0 Å². The number of rotatable bonds is 6. The molecule has 0 unspecified atom stereocenters. The summed E-state index contributed by atoms with van der Waals surface area (Å²) < 4.78 is 16.0. The Morgan fingerprint density at radius 2 is 1.71 bits per heavy atom. The molecular weight excluding hydrogens is 302 g/mol. The van der Waals surface area contributed by atoms with Gasteiger partial charge in [0.1, 0.15) is 18.1 Å². The molecule has 1 aliphatic carbocycles. The van der Waals surface area contributed by atoms with E-state index in [9.17, 15) is 0 Å². The predicted molar refractivity (Wildman–Crippen MR) is 95.9 cm³/mol. The molecule has 126 valence electrons. The molecule has 0 saturated heterocycles. The Labute approximate surface area is 143 Å². The highest BCUT2D eigenvalue weighted by atomic mass is 16.5. The SMILES string of the molecule is COCCOc1ccc2c(c1)C(=Nc1ccc(OC)cc1)CCC2. The summed E-state index contributed by atoms with van der Waals surface area (Å²) in [6.45, 7) is 1.14. The minimum Gasteiger partial charge on any atom is -0.497 e. The molecule has 0 aromatic heterocycles. The van der Waals surface area contributed by atoms with E-state index in [1.54, 1.807) is 14.2 Å². The fraction of sp³-hybridized carbons (Fsp3) is 0.350. The molecule has 0 N–H and O–H groups in total. The standard InChI is InChI=1S/C20H23NO3/c1-22-12-13-24-18-9-6-15-4-3-5-20(19(15)14-18)21-16-7-10-17(23-2)11-8-16/h6-11,14H,3-5,12-13H2,1-2H3. The summed E-state index contributed by atoms with van der Waals surface area (Å²) in [4.78, 5) is 4.85. The summed E-state index contributed by atoms with van der Waals surface area (Å²) in [5.74, 6) is 1.71. The van der Waals surface area contributed by atoms with Gasteiger partial charge in [0.25, 0.3) is 0 Å². The number of ether oxygens (including phenoxy) is 3. The van der Waals surface area contributed by atoms with Crippen molar-refractivity contribution in [1.29, 1.82) is 0 Å². The van der Waals surface area contributed by atoms with Crippen LogP contribution in [-0.4, -0.2) is 33.1 Å². The second-order valence-electron chi connectivity index (χ2n) is 5.77. The third kappa shape index (κ3) is 3.95. The molecular formula is C20H23NO3. The van der Waals surface area contributed by atoms with Crippen LogP contribution in [0.25, 0.3) is 0 Å². The lowest BCUT2D eigenvalue weighted by atomic mass is 9.90. The first-order valence-electron chi connectivity index (χ1n) is 8.27. The van der Waals surface area contributed by atoms with Crippen LogP contribution in [0.2, 0.25) is 0 Å². The van der Waals surface area contributed by atoms with Gasteiger partial charge in [0.05, 0.1) is 19.4 Å². The van der Waals surface area contributed by atoms with Crippen LogP contribution < -0.4 is 9.47 Å². The molecule has 0 aliphatic heterocycles. The third-order valence-corrected chi connectivity index (χ3v) is 4.14. The molecule has 0 atom stereocenters. The number of aryl methyl sites for hydroxylation is 1. The predicted octanol–water partition coefficient (Wildman–Crippen LogP) is 4.18. The number of benzene rings is 2. The summed E-state index contributed by atoms with van der Waals surface area (Å²) in [6.07, 6.45) is 3.21. The second-order valence-corrected chi connectivity index (χ2v) is 5.77. The Hall–Kier alpha value is -2.33. The van der Waals surface area contributed by atoms with Gasteiger partial charge in [-0.15, -0.1) is 0 Å². The van der Waals surface area contributed by atoms with Crippen LogP contribution in [0.3, 0.4) is 0 Å². The first-order valence-corrected chi connectivity index (χ1v) is 8.27. The maximum atomic E-state index is 5.74. The number of fused-ring (bicyclic) bond motifs is 1. The molecule has 1 aliphatic rings. The van der Waals surface area contributed by atoms with E-state index in [4.69, 9.17) is 19.2 Å². The first kappa shape index (κ1) is 16.5. The van der Waals surface area contributed by atoms with Crippen LogP contribution in [0.1, 0.15) is 24.0 Å². The maximum absolute atomic E-state index is 5.74. The van der Waals surface area contributed by atoms with Crippen LogP contribution >= 0.6 is 0 Å². The molecule has 0 spiro atoms. The smallest absolute Gasteiger partial charge is 0.120 e. The van der Waals surface area contributed by atoms with Crippen molar-refractivity contribution in [2.45, 2.75) is 19.3 Å². The lowest BCUT2D eigenvalue weighted by Gasteiger charge is -2.19.